The Morgan fingerprint density at radius 2 is 0.614 bits per heavy atom. The summed E-state index contributed by atoms with van der Waals surface area (Å²) < 4.78 is 21.1. The van der Waals surface area contributed by atoms with E-state index in [0.29, 0.717) is 0 Å². The van der Waals surface area contributed by atoms with Crippen LogP contribution in [-0.2, 0) is 18.9 Å². The van der Waals surface area contributed by atoms with Gasteiger partial charge in [0.05, 0.1) is 13.2 Å². The molecule has 0 saturated carbocycles. The van der Waals surface area contributed by atoms with Crippen LogP contribution >= 0.6 is 0 Å². The maximum absolute atomic E-state index is 5.45. The lowest BCUT2D eigenvalue weighted by molar-refractivity contribution is 0.0488. The van der Waals surface area contributed by atoms with Gasteiger partial charge in [-0.1, -0.05) is 146 Å². The van der Waals surface area contributed by atoms with E-state index in [1.54, 1.807) is 0 Å². The quantitative estimate of drug-likeness (QED) is 0.0804. The Bertz CT molecular complexity index is 357. The van der Waals surface area contributed by atoms with Gasteiger partial charge in [0, 0.05) is 39.6 Å². The number of unbranched alkanes of at least 4 members (excludes halogenated alkanes) is 9. The van der Waals surface area contributed by atoms with Crippen molar-refractivity contribution >= 4 is 0 Å². The number of hydrogen-bond donors (Lipinski definition) is 0. The van der Waals surface area contributed by atoms with E-state index >= 15 is 0 Å². The fourth-order valence-electron chi connectivity index (χ4n) is 3.97. The molecule has 0 heterocycles. The van der Waals surface area contributed by atoms with E-state index in [0.717, 1.165) is 82.9 Å². The van der Waals surface area contributed by atoms with Gasteiger partial charge in [0.15, 0.2) is 0 Å². The fraction of sp³-hybridized carbons (Fsp3) is 1.00. The number of rotatable bonds is 28. The largest absolute Gasteiger partial charge is 0.382 e. The Labute approximate surface area is 280 Å². The molecule has 4 heteroatoms. The van der Waals surface area contributed by atoms with Crippen molar-refractivity contribution < 1.29 is 18.9 Å². The SMILES string of the molecule is CCCCCCCCC(C)C.CCCCCOCCC(C)C.CCOCCCCCC(C)C.CCOCCOCCC(C)C. The molecule has 0 aromatic rings. The first-order valence-corrected chi connectivity index (χ1v) is 19.4. The maximum Gasteiger partial charge on any atom is 0.0700 e. The van der Waals surface area contributed by atoms with E-state index in [9.17, 15) is 0 Å². The van der Waals surface area contributed by atoms with Gasteiger partial charge in [-0.2, -0.15) is 0 Å². The maximum atomic E-state index is 5.45. The molecule has 272 valence electrons. The van der Waals surface area contributed by atoms with Gasteiger partial charge in [0.25, 0.3) is 0 Å². The lowest BCUT2D eigenvalue weighted by atomic mass is 10.0. The molecule has 4 nitrogen and oxygen atoms in total. The van der Waals surface area contributed by atoms with E-state index in [4.69, 9.17) is 18.9 Å². The molecule has 0 spiro atoms. The summed E-state index contributed by atoms with van der Waals surface area (Å²) in [6.45, 7) is 33.4. The van der Waals surface area contributed by atoms with Crippen molar-refractivity contribution in [1.82, 2.24) is 0 Å². The highest BCUT2D eigenvalue weighted by atomic mass is 16.5. The van der Waals surface area contributed by atoms with Crippen LogP contribution in [0.1, 0.15) is 186 Å². The van der Waals surface area contributed by atoms with Crippen molar-refractivity contribution in [2.75, 3.05) is 52.9 Å². The Kier molecular flexibility index (Phi) is 54.4. The van der Waals surface area contributed by atoms with E-state index in [2.05, 4.69) is 69.2 Å². The van der Waals surface area contributed by atoms with E-state index in [-0.39, 0.29) is 0 Å². The summed E-state index contributed by atoms with van der Waals surface area (Å²) in [5.74, 6) is 3.28. The molecule has 0 radical (unpaired) electrons. The first kappa shape index (κ1) is 50.7. The summed E-state index contributed by atoms with van der Waals surface area (Å²) in [6, 6.07) is 0. The molecule has 0 aliphatic rings. The molecule has 0 N–H and O–H groups in total. The molecule has 0 aliphatic heterocycles. The normalized spacial score (nSPS) is 10.9. The molecule has 0 aliphatic carbocycles. The van der Waals surface area contributed by atoms with Crippen LogP contribution in [0.4, 0.5) is 0 Å². The van der Waals surface area contributed by atoms with Crippen LogP contribution in [-0.4, -0.2) is 52.9 Å². The zero-order valence-corrected chi connectivity index (χ0v) is 32.9. The molecule has 0 aromatic carbocycles. The van der Waals surface area contributed by atoms with Gasteiger partial charge in [-0.15, -0.1) is 0 Å². The topological polar surface area (TPSA) is 36.9 Å². The number of hydrogen-bond acceptors (Lipinski definition) is 4. The first-order valence-electron chi connectivity index (χ1n) is 19.4. The van der Waals surface area contributed by atoms with Crippen molar-refractivity contribution in [3.8, 4) is 0 Å². The van der Waals surface area contributed by atoms with Crippen LogP contribution < -0.4 is 0 Å². The molecule has 0 saturated heterocycles. The molecule has 0 rings (SSSR count). The molecule has 0 aromatic heterocycles. The second-order valence-electron chi connectivity index (χ2n) is 13.9. The average molecular weight is 633 g/mol. The third kappa shape index (κ3) is 68.8. The smallest absolute Gasteiger partial charge is 0.0700 e. The highest BCUT2D eigenvalue weighted by Gasteiger charge is 1.96. The van der Waals surface area contributed by atoms with Crippen molar-refractivity contribution in [3.63, 3.8) is 0 Å². The van der Waals surface area contributed by atoms with E-state index in [1.807, 2.05) is 13.8 Å². The minimum atomic E-state index is 0.731. The van der Waals surface area contributed by atoms with Crippen molar-refractivity contribution in [2.45, 2.75) is 186 Å². The van der Waals surface area contributed by atoms with E-state index < -0.39 is 0 Å². The highest BCUT2D eigenvalue weighted by molar-refractivity contribution is 4.48. The van der Waals surface area contributed by atoms with Gasteiger partial charge < -0.3 is 18.9 Å². The second kappa shape index (κ2) is 47.2. The van der Waals surface area contributed by atoms with Crippen molar-refractivity contribution in [1.29, 1.82) is 0 Å². The lowest BCUT2D eigenvalue weighted by Crippen LogP contribution is -2.06. The Hall–Kier alpha value is -0.160. The van der Waals surface area contributed by atoms with E-state index in [1.165, 1.54) is 96.3 Å². The molecule has 0 bridgehead atoms. The summed E-state index contributed by atoms with van der Waals surface area (Å²) in [5.41, 5.74) is 0. The van der Waals surface area contributed by atoms with Gasteiger partial charge in [-0.3, -0.25) is 0 Å². The Morgan fingerprint density at radius 1 is 0.295 bits per heavy atom. The zero-order chi connectivity index (χ0) is 34.1. The molecule has 0 fully saturated rings. The van der Waals surface area contributed by atoms with Gasteiger partial charge in [0.1, 0.15) is 0 Å². The lowest BCUT2D eigenvalue weighted by Gasteiger charge is -2.05. The van der Waals surface area contributed by atoms with Crippen molar-refractivity contribution in [3.05, 3.63) is 0 Å². The Balaban J connectivity index is -0.000000242. The van der Waals surface area contributed by atoms with Crippen LogP contribution in [0.2, 0.25) is 0 Å². The summed E-state index contributed by atoms with van der Waals surface area (Å²) in [4.78, 5) is 0. The molecular formula is C40H88O4. The van der Waals surface area contributed by atoms with Gasteiger partial charge in [-0.25, -0.2) is 0 Å². The van der Waals surface area contributed by atoms with Crippen LogP contribution in [0.5, 0.6) is 0 Å². The van der Waals surface area contributed by atoms with Crippen LogP contribution in [0.3, 0.4) is 0 Å². The first-order chi connectivity index (χ1) is 21.1. The summed E-state index contributed by atoms with van der Waals surface area (Å²) in [5, 5.41) is 0. The summed E-state index contributed by atoms with van der Waals surface area (Å²) in [7, 11) is 0. The zero-order valence-electron chi connectivity index (χ0n) is 32.9. The summed E-state index contributed by atoms with van der Waals surface area (Å²) in [6.07, 6.45) is 21.5. The third-order valence-electron chi connectivity index (χ3n) is 7.06. The second-order valence-corrected chi connectivity index (χ2v) is 13.9. The van der Waals surface area contributed by atoms with Crippen LogP contribution in [0.25, 0.3) is 0 Å². The van der Waals surface area contributed by atoms with Crippen LogP contribution in [0.15, 0.2) is 0 Å². The monoisotopic (exact) mass is 633 g/mol. The van der Waals surface area contributed by atoms with Gasteiger partial charge >= 0.3 is 0 Å². The third-order valence-corrected chi connectivity index (χ3v) is 7.06. The fourth-order valence-corrected chi connectivity index (χ4v) is 3.97. The van der Waals surface area contributed by atoms with Crippen molar-refractivity contribution in [2.24, 2.45) is 23.7 Å². The molecule has 0 amide bonds. The minimum absolute atomic E-state index is 0.731. The number of ether oxygens (including phenoxy) is 4. The highest BCUT2D eigenvalue weighted by Crippen LogP contribution is 2.11. The molecule has 0 unspecified atom stereocenters. The average Bonchev–Trinajstić information content (AvgIpc) is 2.97. The predicted octanol–water partition coefficient (Wildman–Crippen LogP) is 13.0. The predicted molar refractivity (Wildman–Crippen MR) is 199 cm³/mol. The summed E-state index contributed by atoms with van der Waals surface area (Å²) >= 11 is 0. The van der Waals surface area contributed by atoms with Crippen LogP contribution in [0, 0.1) is 23.7 Å². The molecule has 0 atom stereocenters. The Morgan fingerprint density at radius 3 is 1.07 bits per heavy atom. The standard InChI is InChI=1S/C11H24.2C10H22O.C9H20O2/c1-4-5-6-7-8-9-10-11(2)3;1-4-11-9-7-5-6-8-10(2)3;1-4-5-6-8-11-9-7-10(2)3;1-4-10-7-8-11-6-5-9(2)3/h11H,4-10H2,1-3H3;2*10H,4-9H2,1-3H3;9H,4-8H2,1-3H3. The molecular weight excluding hydrogens is 544 g/mol. The minimum Gasteiger partial charge on any atom is -0.382 e. The molecule has 44 heavy (non-hydrogen) atoms. The van der Waals surface area contributed by atoms with Gasteiger partial charge in [0.2, 0.25) is 0 Å². The van der Waals surface area contributed by atoms with Gasteiger partial charge in [-0.05, 0) is 63.2 Å².